The van der Waals surface area contributed by atoms with Crippen LogP contribution in [-0.2, 0) is 6.42 Å². The first-order valence-electron chi connectivity index (χ1n) is 9.52. The van der Waals surface area contributed by atoms with Crippen LogP contribution in [0.25, 0.3) is 6.08 Å². The van der Waals surface area contributed by atoms with Crippen molar-refractivity contribution >= 4 is 12.0 Å². The van der Waals surface area contributed by atoms with Gasteiger partial charge in [0.15, 0.2) is 5.96 Å². The topological polar surface area (TPSA) is 40.5 Å². The Labute approximate surface area is 156 Å². The number of likely N-dealkylation sites (tertiary alicyclic amines) is 1. The van der Waals surface area contributed by atoms with Crippen LogP contribution in [0.5, 0.6) is 0 Å². The molecule has 136 valence electrons. The standard InChI is InChI=1S/C22H28N4/c1-2-24-22(25-14-10-21-9-6-13-23-18-21)26-15-11-20(12-16-26)17-19-7-4-3-5-8-19/h3-9,13,17-18H,2,10-12,14-16H2,1H3,(H,24,25). The predicted molar refractivity (Wildman–Crippen MR) is 109 cm³/mol. The zero-order valence-corrected chi connectivity index (χ0v) is 15.6. The minimum absolute atomic E-state index is 0.789. The van der Waals surface area contributed by atoms with Crippen LogP contribution in [0, 0.1) is 0 Å². The van der Waals surface area contributed by atoms with Gasteiger partial charge >= 0.3 is 0 Å². The molecule has 3 rings (SSSR count). The number of pyridine rings is 1. The largest absolute Gasteiger partial charge is 0.357 e. The Bertz CT molecular complexity index is 712. The van der Waals surface area contributed by atoms with E-state index in [0.29, 0.717) is 0 Å². The van der Waals surface area contributed by atoms with Gasteiger partial charge in [0.05, 0.1) is 0 Å². The SMILES string of the molecule is CCNC(=NCCc1cccnc1)N1CCC(=Cc2ccccc2)CC1. The molecule has 2 aromatic rings. The van der Waals surface area contributed by atoms with Crippen LogP contribution in [-0.4, -0.2) is 42.0 Å². The van der Waals surface area contributed by atoms with Crippen molar-refractivity contribution in [2.45, 2.75) is 26.2 Å². The summed E-state index contributed by atoms with van der Waals surface area (Å²) in [4.78, 5) is 11.4. The monoisotopic (exact) mass is 348 g/mol. The molecule has 1 aromatic carbocycles. The van der Waals surface area contributed by atoms with Crippen molar-refractivity contribution in [3.05, 3.63) is 71.6 Å². The van der Waals surface area contributed by atoms with Crippen molar-refractivity contribution in [1.82, 2.24) is 15.2 Å². The quantitative estimate of drug-likeness (QED) is 0.660. The third kappa shape index (κ3) is 5.45. The summed E-state index contributed by atoms with van der Waals surface area (Å²) in [5.74, 6) is 1.04. The fourth-order valence-corrected chi connectivity index (χ4v) is 3.20. The van der Waals surface area contributed by atoms with Gasteiger partial charge in [-0.1, -0.05) is 48.0 Å². The molecule has 0 spiro atoms. The Balaban J connectivity index is 1.56. The fourth-order valence-electron chi connectivity index (χ4n) is 3.20. The van der Waals surface area contributed by atoms with Gasteiger partial charge in [0, 0.05) is 38.6 Å². The van der Waals surface area contributed by atoms with E-state index in [4.69, 9.17) is 4.99 Å². The zero-order valence-electron chi connectivity index (χ0n) is 15.6. The summed E-state index contributed by atoms with van der Waals surface area (Å²) in [6.45, 7) is 5.86. The molecule has 0 radical (unpaired) electrons. The number of nitrogens with one attached hydrogen (secondary N) is 1. The van der Waals surface area contributed by atoms with Gasteiger partial charge in [0.2, 0.25) is 0 Å². The van der Waals surface area contributed by atoms with E-state index in [-0.39, 0.29) is 0 Å². The van der Waals surface area contributed by atoms with E-state index in [2.05, 4.69) is 64.6 Å². The van der Waals surface area contributed by atoms with Crippen LogP contribution < -0.4 is 5.32 Å². The average Bonchev–Trinajstić information content (AvgIpc) is 2.70. The minimum Gasteiger partial charge on any atom is -0.357 e. The molecule has 1 aromatic heterocycles. The molecule has 26 heavy (non-hydrogen) atoms. The van der Waals surface area contributed by atoms with Crippen LogP contribution in [0.4, 0.5) is 0 Å². The van der Waals surface area contributed by atoms with Crippen LogP contribution in [0.2, 0.25) is 0 Å². The van der Waals surface area contributed by atoms with Crippen LogP contribution in [0.1, 0.15) is 30.9 Å². The van der Waals surface area contributed by atoms with Gasteiger partial charge in [-0.3, -0.25) is 9.98 Å². The summed E-state index contributed by atoms with van der Waals surface area (Å²) in [6, 6.07) is 14.7. The van der Waals surface area contributed by atoms with Crippen molar-refractivity contribution in [2.75, 3.05) is 26.2 Å². The summed E-state index contributed by atoms with van der Waals surface area (Å²) in [7, 11) is 0. The van der Waals surface area contributed by atoms with Crippen molar-refractivity contribution in [3.63, 3.8) is 0 Å². The fraction of sp³-hybridized carbons (Fsp3) is 0.364. The van der Waals surface area contributed by atoms with E-state index in [0.717, 1.165) is 51.4 Å². The normalized spacial score (nSPS) is 15.0. The average molecular weight is 348 g/mol. The second kappa shape index (κ2) is 9.76. The molecule has 0 saturated carbocycles. The van der Waals surface area contributed by atoms with Gasteiger partial charge in [-0.2, -0.15) is 0 Å². The maximum atomic E-state index is 4.83. The lowest BCUT2D eigenvalue weighted by Crippen LogP contribution is -2.44. The number of benzene rings is 1. The highest BCUT2D eigenvalue weighted by Gasteiger charge is 2.17. The van der Waals surface area contributed by atoms with Gasteiger partial charge in [0.25, 0.3) is 0 Å². The third-order valence-electron chi connectivity index (χ3n) is 4.60. The van der Waals surface area contributed by atoms with E-state index < -0.39 is 0 Å². The van der Waals surface area contributed by atoms with E-state index in [1.165, 1.54) is 16.7 Å². The molecule has 0 unspecified atom stereocenters. The maximum Gasteiger partial charge on any atom is 0.193 e. The Morgan fingerprint density at radius 2 is 1.96 bits per heavy atom. The van der Waals surface area contributed by atoms with Gasteiger partial charge < -0.3 is 10.2 Å². The molecule has 0 bridgehead atoms. The number of aromatic nitrogens is 1. The molecule has 4 nitrogen and oxygen atoms in total. The number of guanidine groups is 1. The smallest absolute Gasteiger partial charge is 0.193 e. The number of rotatable bonds is 5. The molecule has 0 aliphatic carbocycles. The molecule has 0 amide bonds. The third-order valence-corrected chi connectivity index (χ3v) is 4.60. The molecule has 1 aliphatic rings. The molecule has 2 heterocycles. The van der Waals surface area contributed by atoms with E-state index in [1.807, 2.05) is 18.5 Å². The van der Waals surface area contributed by atoms with Crippen molar-refractivity contribution < 1.29 is 0 Å². The minimum atomic E-state index is 0.789. The molecule has 1 saturated heterocycles. The number of aliphatic imine (C=N–C) groups is 1. The Morgan fingerprint density at radius 3 is 2.65 bits per heavy atom. The van der Waals surface area contributed by atoms with E-state index in [9.17, 15) is 0 Å². The molecule has 0 atom stereocenters. The second-order valence-corrected chi connectivity index (χ2v) is 6.55. The Morgan fingerprint density at radius 1 is 1.15 bits per heavy atom. The predicted octanol–water partition coefficient (Wildman–Crippen LogP) is 3.77. The first-order valence-corrected chi connectivity index (χ1v) is 9.52. The molecular formula is C22H28N4. The highest BCUT2D eigenvalue weighted by Crippen LogP contribution is 2.19. The van der Waals surface area contributed by atoms with Gasteiger partial charge in [0.1, 0.15) is 0 Å². The summed E-state index contributed by atoms with van der Waals surface area (Å²) >= 11 is 0. The second-order valence-electron chi connectivity index (χ2n) is 6.55. The van der Waals surface area contributed by atoms with Gasteiger partial charge in [-0.15, -0.1) is 0 Å². The van der Waals surface area contributed by atoms with E-state index in [1.54, 1.807) is 0 Å². The molecular weight excluding hydrogens is 320 g/mol. The first-order chi connectivity index (χ1) is 12.8. The Hall–Kier alpha value is -2.62. The summed E-state index contributed by atoms with van der Waals surface area (Å²) in [6.07, 6.45) is 9.19. The number of hydrogen-bond donors (Lipinski definition) is 1. The van der Waals surface area contributed by atoms with Crippen LogP contribution in [0.3, 0.4) is 0 Å². The van der Waals surface area contributed by atoms with Gasteiger partial charge in [-0.05, 0) is 43.4 Å². The number of piperidine rings is 1. The highest BCUT2D eigenvalue weighted by molar-refractivity contribution is 5.80. The van der Waals surface area contributed by atoms with Crippen LogP contribution in [0.15, 0.2) is 65.4 Å². The maximum absolute atomic E-state index is 4.83. The van der Waals surface area contributed by atoms with Crippen molar-refractivity contribution in [2.24, 2.45) is 4.99 Å². The lowest BCUT2D eigenvalue weighted by molar-refractivity contribution is 0.375. The highest BCUT2D eigenvalue weighted by atomic mass is 15.3. The zero-order chi connectivity index (χ0) is 18.0. The molecule has 4 heteroatoms. The number of nitrogens with zero attached hydrogens (tertiary/aromatic N) is 3. The molecule has 1 fully saturated rings. The summed E-state index contributed by atoms with van der Waals surface area (Å²) in [5.41, 5.74) is 4.06. The lowest BCUT2D eigenvalue weighted by Gasteiger charge is -2.31. The first kappa shape index (κ1) is 18.2. The summed E-state index contributed by atoms with van der Waals surface area (Å²) in [5, 5.41) is 3.44. The van der Waals surface area contributed by atoms with Crippen molar-refractivity contribution in [1.29, 1.82) is 0 Å². The van der Waals surface area contributed by atoms with Crippen LogP contribution >= 0.6 is 0 Å². The lowest BCUT2D eigenvalue weighted by atomic mass is 10.0. The van der Waals surface area contributed by atoms with Crippen molar-refractivity contribution in [3.8, 4) is 0 Å². The molecule has 1 N–H and O–H groups in total. The van der Waals surface area contributed by atoms with E-state index >= 15 is 0 Å². The Kier molecular flexibility index (Phi) is 6.82. The number of hydrogen-bond acceptors (Lipinski definition) is 2. The molecule has 1 aliphatic heterocycles. The summed E-state index contributed by atoms with van der Waals surface area (Å²) < 4.78 is 0. The van der Waals surface area contributed by atoms with Gasteiger partial charge in [-0.25, -0.2) is 0 Å².